The second kappa shape index (κ2) is 4.70. The summed E-state index contributed by atoms with van der Waals surface area (Å²) < 4.78 is 24.4. The normalized spacial score (nSPS) is 22.1. The van der Waals surface area contributed by atoms with Crippen molar-refractivity contribution in [3.8, 4) is 0 Å². The second-order valence-electron chi connectivity index (χ2n) is 6.00. The van der Waals surface area contributed by atoms with Crippen molar-refractivity contribution in [2.75, 3.05) is 11.5 Å². The van der Waals surface area contributed by atoms with Crippen LogP contribution in [0.3, 0.4) is 0 Å². The Hall–Kier alpha value is -1.15. The van der Waals surface area contributed by atoms with Crippen molar-refractivity contribution in [1.29, 1.82) is 0 Å². The highest BCUT2D eigenvalue weighted by Crippen LogP contribution is 2.39. The van der Waals surface area contributed by atoms with Gasteiger partial charge in [0.15, 0.2) is 9.84 Å². The summed E-state index contributed by atoms with van der Waals surface area (Å²) in [6, 6.07) is -0.428. The molecule has 0 amide bonds. The number of nitrogens with zero attached hydrogens (tertiary/aromatic N) is 3. The summed E-state index contributed by atoms with van der Waals surface area (Å²) in [6.45, 7) is 5.40. The minimum absolute atomic E-state index is 0.0620. The van der Waals surface area contributed by atoms with Gasteiger partial charge < -0.3 is 0 Å². The van der Waals surface area contributed by atoms with E-state index in [1.165, 1.54) is 4.68 Å². The number of rotatable bonds is 2. The van der Waals surface area contributed by atoms with Crippen LogP contribution in [0.2, 0.25) is 5.15 Å². The zero-order chi connectivity index (χ0) is 15.3. The summed E-state index contributed by atoms with van der Waals surface area (Å²) in [5.74, 6) is -0.0123. The van der Waals surface area contributed by atoms with Crippen LogP contribution < -0.4 is 0 Å². The van der Waals surface area contributed by atoms with Crippen molar-refractivity contribution in [3.05, 3.63) is 21.0 Å². The fourth-order valence-corrected chi connectivity index (χ4v) is 4.31. The van der Waals surface area contributed by atoms with Crippen LogP contribution in [-0.2, 0) is 15.3 Å². The van der Waals surface area contributed by atoms with Gasteiger partial charge in [0.25, 0.3) is 0 Å². The maximum absolute atomic E-state index is 11.5. The lowest BCUT2D eigenvalue weighted by Crippen LogP contribution is -2.16. The van der Waals surface area contributed by atoms with Gasteiger partial charge in [-0.3, -0.25) is 10.1 Å². The molecule has 1 aliphatic heterocycles. The van der Waals surface area contributed by atoms with Crippen molar-refractivity contribution in [2.24, 2.45) is 0 Å². The lowest BCUT2D eigenvalue weighted by molar-refractivity contribution is -0.385. The third kappa shape index (κ3) is 2.67. The Morgan fingerprint density at radius 3 is 2.40 bits per heavy atom. The van der Waals surface area contributed by atoms with Crippen molar-refractivity contribution in [3.63, 3.8) is 0 Å². The Bertz CT molecular complexity index is 660. The van der Waals surface area contributed by atoms with E-state index in [1.807, 2.05) is 0 Å². The van der Waals surface area contributed by atoms with Crippen LogP contribution in [0.15, 0.2) is 0 Å². The Morgan fingerprint density at radius 2 is 2.05 bits per heavy atom. The highest BCUT2D eigenvalue weighted by atomic mass is 35.5. The lowest BCUT2D eigenvalue weighted by Gasteiger charge is -2.14. The molecule has 1 unspecified atom stereocenters. The van der Waals surface area contributed by atoms with E-state index in [9.17, 15) is 18.5 Å². The minimum atomic E-state index is -3.11. The summed E-state index contributed by atoms with van der Waals surface area (Å²) in [7, 11) is -3.11. The molecule has 1 saturated heterocycles. The molecule has 0 spiro atoms. The molecule has 9 heteroatoms. The highest BCUT2D eigenvalue weighted by molar-refractivity contribution is 7.91. The molecule has 0 bridgehead atoms. The summed E-state index contributed by atoms with van der Waals surface area (Å²) in [5, 5.41) is 15.3. The predicted molar refractivity (Wildman–Crippen MR) is 74.9 cm³/mol. The first-order valence-corrected chi connectivity index (χ1v) is 8.36. The number of halogens is 1. The van der Waals surface area contributed by atoms with Gasteiger partial charge in [-0.25, -0.2) is 13.1 Å². The van der Waals surface area contributed by atoms with Crippen LogP contribution in [0, 0.1) is 10.1 Å². The van der Waals surface area contributed by atoms with E-state index in [0.29, 0.717) is 6.42 Å². The van der Waals surface area contributed by atoms with Gasteiger partial charge in [-0.05, 0) is 6.42 Å². The van der Waals surface area contributed by atoms with E-state index in [0.717, 1.165) is 0 Å². The Balaban J connectivity index is 2.54. The van der Waals surface area contributed by atoms with Crippen molar-refractivity contribution in [1.82, 2.24) is 9.78 Å². The average molecular weight is 322 g/mol. The Morgan fingerprint density at radius 1 is 1.45 bits per heavy atom. The first-order chi connectivity index (χ1) is 9.03. The van der Waals surface area contributed by atoms with Crippen LogP contribution in [0.25, 0.3) is 0 Å². The molecule has 7 nitrogen and oxygen atoms in total. The van der Waals surface area contributed by atoms with Crippen LogP contribution in [0.5, 0.6) is 0 Å². The number of sulfone groups is 1. The van der Waals surface area contributed by atoms with Gasteiger partial charge >= 0.3 is 5.69 Å². The molecule has 0 saturated carbocycles. The standard InChI is InChI=1S/C11H16ClN3O4S/c1-11(2,3)9-8(15(16)17)10(12)14(13-9)7-4-5-20(18,19)6-7/h7H,4-6H2,1-3H3. The molecule has 20 heavy (non-hydrogen) atoms. The molecule has 0 radical (unpaired) electrons. The first-order valence-electron chi connectivity index (χ1n) is 6.16. The minimum Gasteiger partial charge on any atom is -0.258 e. The van der Waals surface area contributed by atoms with Gasteiger partial charge in [0.1, 0.15) is 5.69 Å². The van der Waals surface area contributed by atoms with Crippen molar-refractivity contribution in [2.45, 2.75) is 38.6 Å². The van der Waals surface area contributed by atoms with E-state index in [2.05, 4.69) is 5.10 Å². The number of nitro groups is 1. The van der Waals surface area contributed by atoms with Gasteiger partial charge in [-0.1, -0.05) is 32.4 Å². The average Bonchev–Trinajstić information content (AvgIpc) is 2.77. The zero-order valence-electron chi connectivity index (χ0n) is 11.5. The van der Waals surface area contributed by atoms with Gasteiger partial charge in [-0.15, -0.1) is 0 Å². The molecule has 0 aliphatic carbocycles. The maximum atomic E-state index is 11.5. The third-order valence-corrected chi connectivity index (χ3v) is 5.38. The SMILES string of the molecule is CC(C)(C)c1nn(C2CCS(=O)(=O)C2)c(Cl)c1[N+](=O)[O-]. The molecule has 1 aromatic heterocycles. The molecule has 112 valence electrons. The van der Waals surface area contributed by atoms with E-state index in [-0.39, 0.29) is 28.0 Å². The van der Waals surface area contributed by atoms with E-state index in [4.69, 9.17) is 11.6 Å². The highest BCUT2D eigenvalue weighted by Gasteiger charge is 2.38. The van der Waals surface area contributed by atoms with Gasteiger partial charge in [0.05, 0.1) is 22.5 Å². The third-order valence-electron chi connectivity index (χ3n) is 3.28. The zero-order valence-corrected chi connectivity index (χ0v) is 13.0. The van der Waals surface area contributed by atoms with Gasteiger partial charge in [-0.2, -0.15) is 5.10 Å². The topological polar surface area (TPSA) is 95.1 Å². The van der Waals surface area contributed by atoms with E-state index in [1.54, 1.807) is 20.8 Å². The molecule has 0 N–H and O–H groups in total. The van der Waals surface area contributed by atoms with Gasteiger partial charge in [0, 0.05) is 5.41 Å². The summed E-state index contributed by atoms with van der Waals surface area (Å²) in [6.07, 6.45) is 0.379. The van der Waals surface area contributed by atoms with Gasteiger partial charge in [0.2, 0.25) is 5.15 Å². The van der Waals surface area contributed by atoms with Crippen LogP contribution in [0.1, 0.15) is 38.9 Å². The quantitative estimate of drug-likeness (QED) is 0.614. The second-order valence-corrected chi connectivity index (χ2v) is 8.58. The fraction of sp³-hybridized carbons (Fsp3) is 0.727. The molecule has 2 heterocycles. The largest absolute Gasteiger partial charge is 0.329 e. The lowest BCUT2D eigenvalue weighted by atomic mass is 9.91. The maximum Gasteiger partial charge on any atom is 0.329 e. The molecule has 1 fully saturated rings. The van der Waals surface area contributed by atoms with E-state index >= 15 is 0 Å². The van der Waals surface area contributed by atoms with Crippen molar-refractivity contribution < 1.29 is 13.3 Å². The monoisotopic (exact) mass is 321 g/mol. The summed E-state index contributed by atoms with van der Waals surface area (Å²) in [5.41, 5.74) is -0.505. The Kier molecular flexibility index (Phi) is 3.58. The number of aromatic nitrogens is 2. The molecule has 1 aliphatic rings. The van der Waals surface area contributed by atoms with E-state index < -0.39 is 26.2 Å². The van der Waals surface area contributed by atoms with Crippen LogP contribution >= 0.6 is 11.6 Å². The molecule has 0 aromatic carbocycles. The van der Waals surface area contributed by atoms with Crippen LogP contribution in [0.4, 0.5) is 5.69 Å². The number of hydrogen-bond acceptors (Lipinski definition) is 5. The number of hydrogen-bond donors (Lipinski definition) is 0. The summed E-state index contributed by atoms with van der Waals surface area (Å²) >= 11 is 6.07. The molecular weight excluding hydrogens is 306 g/mol. The first kappa shape index (κ1) is 15.2. The molecule has 1 aromatic rings. The predicted octanol–water partition coefficient (Wildman–Crippen LogP) is 2.10. The van der Waals surface area contributed by atoms with Crippen molar-refractivity contribution >= 4 is 27.1 Å². The Labute approximate surface area is 122 Å². The fourth-order valence-electron chi connectivity index (χ4n) is 2.28. The molecule has 2 rings (SSSR count). The smallest absolute Gasteiger partial charge is 0.258 e. The molecular formula is C11H16ClN3O4S. The molecule has 1 atom stereocenters. The summed E-state index contributed by atoms with van der Waals surface area (Å²) in [4.78, 5) is 10.6. The van der Waals surface area contributed by atoms with Crippen LogP contribution in [-0.4, -0.2) is 34.6 Å².